The Labute approximate surface area is 120 Å². The minimum atomic E-state index is 0.345. The van der Waals surface area contributed by atoms with E-state index < -0.39 is 0 Å². The highest BCUT2D eigenvalue weighted by atomic mass is 35.5. The number of hydrogen-bond acceptors (Lipinski definition) is 3. The maximum Gasteiger partial charge on any atom is 0.162 e. The Morgan fingerprint density at radius 2 is 1.89 bits per heavy atom. The Morgan fingerprint density at radius 3 is 2.56 bits per heavy atom. The summed E-state index contributed by atoms with van der Waals surface area (Å²) >= 11 is 17.9. The molecular formula is C12H9Cl3N2O. The summed E-state index contributed by atoms with van der Waals surface area (Å²) < 4.78 is 5.02. The Morgan fingerprint density at radius 1 is 1.11 bits per heavy atom. The summed E-state index contributed by atoms with van der Waals surface area (Å²) in [5.74, 6) is 0.455. The van der Waals surface area contributed by atoms with Crippen LogP contribution in [0, 0.1) is 0 Å². The van der Waals surface area contributed by atoms with Gasteiger partial charge in [0.15, 0.2) is 5.82 Å². The minimum absolute atomic E-state index is 0.345. The first-order valence-corrected chi connectivity index (χ1v) is 6.21. The maximum atomic E-state index is 6.11. The highest BCUT2D eigenvalue weighted by Gasteiger charge is 2.10. The van der Waals surface area contributed by atoms with Crippen LogP contribution in [0.25, 0.3) is 11.4 Å². The molecule has 3 nitrogen and oxygen atoms in total. The van der Waals surface area contributed by atoms with E-state index >= 15 is 0 Å². The summed E-state index contributed by atoms with van der Waals surface area (Å²) in [6.45, 7) is 0.362. The fourth-order valence-electron chi connectivity index (χ4n) is 1.48. The molecule has 6 heteroatoms. The lowest BCUT2D eigenvalue weighted by atomic mass is 10.2. The first kappa shape index (κ1) is 13.6. The first-order chi connectivity index (χ1) is 8.60. The Kier molecular flexibility index (Phi) is 4.40. The molecule has 0 aliphatic carbocycles. The predicted octanol–water partition coefficient (Wildman–Crippen LogP) is 4.25. The number of rotatable bonds is 3. The molecule has 1 aromatic heterocycles. The van der Waals surface area contributed by atoms with Gasteiger partial charge in [0, 0.05) is 17.7 Å². The molecule has 0 amide bonds. The van der Waals surface area contributed by atoms with Crippen molar-refractivity contribution in [2.45, 2.75) is 6.61 Å². The van der Waals surface area contributed by atoms with Crippen LogP contribution in [0.3, 0.4) is 0 Å². The third-order valence-corrected chi connectivity index (χ3v) is 2.95. The second-order valence-electron chi connectivity index (χ2n) is 3.56. The van der Waals surface area contributed by atoms with Gasteiger partial charge >= 0.3 is 0 Å². The summed E-state index contributed by atoms with van der Waals surface area (Å²) in [4.78, 5) is 8.48. The molecule has 0 unspecified atom stereocenters. The van der Waals surface area contributed by atoms with Crippen LogP contribution >= 0.6 is 34.8 Å². The van der Waals surface area contributed by atoms with Crippen LogP contribution in [0.15, 0.2) is 24.3 Å². The van der Waals surface area contributed by atoms with Crippen LogP contribution in [0.2, 0.25) is 15.2 Å². The molecule has 0 aliphatic heterocycles. The second kappa shape index (κ2) is 5.85. The van der Waals surface area contributed by atoms with Crippen LogP contribution in [0.1, 0.15) is 5.69 Å². The van der Waals surface area contributed by atoms with E-state index in [0.717, 1.165) is 0 Å². The molecule has 0 fully saturated rings. The van der Waals surface area contributed by atoms with Gasteiger partial charge in [-0.3, -0.25) is 0 Å². The molecule has 0 radical (unpaired) electrons. The fourth-order valence-corrected chi connectivity index (χ4v) is 2.18. The summed E-state index contributed by atoms with van der Waals surface area (Å²) in [6, 6.07) is 6.77. The van der Waals surface area contributed by atoms with Crippen molar-refractivity contribution in [3.05, 3.63) is 45.2 Å². The van der Waals surface area contributed by atoms with Crippen molar-refractivity contribution < 1.29 is 4.74 Å². The number of hydrogen-bond donors (Lipinski definition) is 0. The van der Waals surface area contributed by atoms with Gasteiger partial charge in [0.25, 0.3) is 0 Å². The Balaban J connectivity index is 2.49. The Hall–Kier alpha value is -0.870. The molecule has 94 valence electrons. The predicted molar refractivity (Wildman–Crippen MR) is 73.2 cm³/mol. The van der Waals surface area contributed by atoms with Gasteiger partial charge in [-0.05, 0) is 24.3 Å². The van der Waals surface area contributed by atoms with Gasteiger partial charge in [0.2, 0.25) is 0 Å². The molecule has 1 heterocycles. The van der Waals surface area contributed by atoms with E-state index in [1.54, 1.807) is 31.4 Å². The van der Waals surface area contributed by atoms with E-state index in [0.29, 0.717) is 38.9 Å². The van der Waals surface area contributed by atoms with Crippen molar-refractivity contribution in [3.63, 3.8) is 0 Å². The van der Waals surface area contributed by atoms with Crippen molar-refractivity contribution in [2.24, 2.45) is 0 Å². The third-order valence-electron chi connectivity index (χ3n) is 2.21. The van der Waals surface area contributed by atoms with Crippen molar-refractivity contribution >= 4 is 34.8 Å². The van der Waals surface area contributed by atoms with Gasteiger partial charge in [-0.25, -0.2) is 9.97 Å². The Bertz CT molecular complexity index is 575. The topological polar surface area (TPSA) is 35.0 Å². The summed E-state index contributed by atoms with van der Waals surface area (Å²) in [7, 11) is 1.59. The molecule has 0 bridgehead atoms. The molecular weight excluding hydrogens is 295 g/mol. The molecule has 0 spiro atoms. The lowest BCUT2D eigenvalue weighted by Crippen LogP contribution is -1.98. The highest BCUT2D eigenvalue weighted by Crippen LogP contribution is 2.29. The first-order valence-electron chi connectivity index (χ1n) is 5.08. The number of benzene rings is 1. The van der Waals surface area contributed by atoms with Gasteiger partial charge in [-0.15, -0.1) is 0 Å². The highest BCUT2D eigenvalue weighted by molar-refractivity contribution is 6.36. The molecule has 1 aromatic carbocycles. The normalized spacial score (nSPS) is 10.7. The smallest absolute Gasteiger partial charge is 0.162 e. The van der Waals surface area contributed by atoms with Gasteiger partial charge in [-0.1, -0.05) is 34.8 Å². The molecule has 0 aliphatic rings. The van der Waals surface area contributed by atoms with Gasteiger partial charge in [0.1, 0.15) is 5.15 Å². The summed E-state index contributed by atoms with van der Waals surface area (Å²) in [5, 5.41) is 1.38. The number of aromatic nitrogens is 2. The zero-order valence-electron chi connectivity index (χ0n) is 9.45. The van der Waals surface area contributed by atoms with Crippen LogP contribution in [0.4, 0.5) is 0 Å². The number of halogens is 3. The molecule has 18 heavy (non-hydrogen) atoms. The molecule has 0 saturated carbocycles. The fraction of sp³-hybridized carbons (Fsp3) is 0.167. The van der Waals surface area contributed by atoms with Crippen molar-refractivity contribution in [3.8, 4) is 11.4 Å². The van der Waals surface area contributed by atoms with Crippen LogP contribution in [-0.2, 0) is 11.3 Å². The van der Waals surface area contributed by atoms with Crippen LogP contribution in [0.5, 0.6) is 0 Å². The van der Waals surface area contributed by atoms with Crippen LogP contribution in [-0.4, -0.2) is 17.1 Å². The van der Waals surface area contributed by atoms with Crippen LogP contribution < -0.4 is 0 Å². The van der Waals surface area contributed by atoms with Crippen molar-refractivity contribution in [1.82, 2.24) is 9.97 Å². The molecule has 2 rings (SSSR count). The molecule has 0 atom stereocenters. The van der Waals surface area contributed by atoms with Crippen molar-refractivity contribution in [2.75, 3.05) is 7.11 Å². The van der Waals surface area contributed by atoms with Gasteiger partial charge < -0.3 is 4.74 Å². The third kappa shape index (κ3) is 3.12. The van der Waals surface area contributed by atoms with E-state index in [1.165, 1.54) is 0 Å². The summed E-state index contributed by atoms with van der Waals surface area (Å²) in [6.07, 6.45) is 0. The van der Waals surface area contributed by atoms with E-state index in [4.69, 9.17) is 39.5 Å². The molecule has 0 N–H and O–H groups in total. The quantitative estimate of drug-likeness (QED) is 0.795. The molecule has 0 saturated heterocycles. The average molecular weight is 304 g/mol. The van der Waals surface area contributed by atoms with E-state index in [2.05, 4.69) is 9.97 Å². The largest absolute Gasteiger partial charge is 0.378 e. The lowest BCUT2D eigenvalue weighted by molar-refractivity contribution is 0.181. The van der Waals surface area contributed by atoms with E-state index in [-0.39, 0.29) is 0 Å². The zero-order valence-corrected chi connectivity index (χ0v) is 11.7. The number of ether oxygens (including phenoxy) is 1. The average Bonchev–Trinajstić information content (AvgIpc) is 2.28. The monoisotopic (exact) mass is 302 g/mol. The zero-order chi connectivity index (χ0) is 13.1. The van der Waals surface area contributed by atoms with Gasteiger partial charge in [0.05, 0.1) is 17.3 Å². The van der Waals surface area contributed by atoms with Gasteiger partial charge in [-0.2, -0.15) is 0 Å². The maximum absolute atomic E-state index is 6.11. The van der Waals surface area contributed by atoms with Crippen molar-refractivity contribution in [1.29, 1.82) is 0 Å². The number of methoxy groups -OCH3 is 1. The van der Waals surface area contributed by atoms with E-state index in [1.807, 2.05) is 0 Å². The summed E-state index contributed by atoms with van der Waals surface area (Å²) in [5.41, 5.74) is 1.37. The standard InChI is InChI=1S/C12H9Cl3N2O/c1-18-6-8-5-11(15)17-12(16-8)9-3-2-7(13)4-10(9)14/h2-5H,6H2,1H3. The molecule has 2 aromatic rings. The lowest BCUT2D eigenvalue weighted by Gasteiger charge is -2.06. The van der Waals surface area contributed by atoms with E-state index in [9.17, 15) is 0 Å². The SMILES string of the molecule is COCc1cc(Cl)nc(-c2ccc(Cl)cc2Cl)n1. The minimum Gasteiger partial charge on any atom is -0.378 e. The number of nitrogens with zero attached hydrogens (tertiary/aromatic N) is 2. The second-order valence-corrected chi connectivity index (χ2v) is 4.79.